The van der Waals surface area contributed by atoms with Gasteiger partial charge in [-0.05, 0) is 47.2 Å². The van der Waals surface area contributed by atoms with Crippen molar-refractivity contribution >= 4 is 22.9 Å². The highest BCUT2D eigenvalue weighted by Crippen LogP contribution is 2.43. The third kappa shape index (κ3) is 5.52. The van der Waals surface area contributed by atoms with E-state index in [-0.39, 0.29) is 10.8 Å². The van der Waals surface area contributed by atoms with Crippen LogP contribution in [0.3, 0.4) is 0 Å². The van der Waals surface area contributed by atoms with Gasteiger partial charge in [-0.25, -0.2) is 4.99 Å². The number of anilines is 2. The molecule has 1 N–H and O–H groups in total. The van der Waals surface area contributed by atoms with Gasteiger partial charge >= 0.3 is 0 Å². The molecule has 0 heterocycles. The summed E-state index contributed by atoms with van der Waals surface area (Å²) < 4.78 is 0. The third-order valence-corrected chi connectivity index (χ3v) is 6.22. The average Bonchev–Trinajstić information content (AvgIpc) is 2.85. The van der Waals surface area contributed by atoms with E-state index in [1.165, 1.54) is 0 Å². The molecule has 4 rings (SSSR count). The number of amidine groups is 1. The fourth-order valence-electron chi connectivity index (χ4n) is 4.32. The largest absolute Gasteiger partial charge is 0.507 e. The summed E-state index contributed by atoms with van der Waals surface area (Å²) in [5.41, 5.74) is 5.19. The second-order valence-corrected chi connectivity index (χ2v) is 11.2. The van der Waals surface area contributed by atoms with Gasteiger partial charge in [0.1, 0.15) is 11.6 Å². The monoisotopic (exact) mass is 476 g/mol. The van der Waals surface area contributed by atoms with Gasteiger partial charge in [-0.3, -0.25) is 4.90 Å². The number of hydrogen-bond acceptors (Lipinski definition) is 2. The maximum atomic E-state index is 11.4. The number of para-hydroxylation sites is 2. The normalized spacial score (nSPS) is 12.4. The van der Waals surface area contributed by atoms with Gasteiger partial charge in [-0.1, -0.05) is 108 Å². The van der Waals surface area contributed by atoms with E-state index in [1.54, 1.807) is 0 Å². The topological polar surface area (TPSA) is 35.8 Å². The first-order valence-electron chi connectivity index (χ1n) is 12.5. The quantitative estimate of drug-likeness (QED) is 0.236. The molecule has 0 radical (unpaired) electrons. The molecule has 0 bridgehead atoms. The molecule has 0 aliphatic carbocycles. The lowest BCUT2D eigenvalue weighted by molar-refractivity contribution is 0.423. The van der Waals surface area contributed by atoms with Crippen molar-refractivity contribution in [2.75, 3.05) is 4.90 Å². The van der Waals surface area contributed by atoms with Gasteiger partial charge in [-0.2, -0.15) is 0 Å². The Morgan fingerprint density at radius 2 is 1.06 bits per heavy atom. The van der Waals surface area contributed by atoms with Crippen molar-refractivity contribution in [3.63, 3.8) is 0 Å². The standard InChI is InChI=1S/C33H36N2O/c1-32(2,3)28-22-27(23-29(30(28)36)33(4,5)6)35(26-20-14-9-15-21-26)31(24-16-10-7-11-17-24)34-25-18-12-8-13-19-25/h7-23,36H,1-6H3. The van der Waals surface area contributed by atoms with Crippen LogP contribution in [0.15, 0.2) is 108 Å². The first-order valence-corrected chi connectivity index (χ1v) is 12.5. The minimum absolute atomic E-state index is 0.244. The van der Waals surface area contributed by atoms with Crippen molar-refractivity contribution in [1.82, 2.24) is 0 Å². The van der Waals surface area contributed by atoms with Gasteiger partial charge in [0.15, 0.2) is 0 Å². The van der Waals surface area contributed by atoms with E-state index in [0.717, 1.165) is 39.6 Å². The second kappa shape index (κ2) is 10.0. The Morgan fingerprint density at radius 1 is 0.611 bits per heavy atom. The van der Waals surface area contributed by atoms with E-state index in [4.69, 9.17) is 4.99 Å². The Kier molecular flexibility index (Phi) is 7.03. The molecule has 36 heavy (non-hydrogen) atoms. The van der Waals surface area contributed by atoms with E-state index >= 15 is 0 Å². The van der Waals surface area contributed by atoms with Crippen LogP contribution in [0.2, 0.25) is 0 Å². The first-order chi connectivity index (χ1) is 17.1. The van der Waals surface area contributed by atoms with Gasteiger partial charge in [0.2, 0.25) is 0 Å². The third-order valence-electron chi connectivity index (χ3n) is 6.22. The molecule has 0 aliphatic rings. The van der Waals surface area contributed by atoms with Crippen molar-refractivity contribution in [2.45, 2.75) is 52.4 Å². The Labute approximate surface area is 215 Å². The summed E-state index contributed by atoms with van der Waals surface area (Å²) in [4.78, 5) is 7.37. The lowest BCUT2D eigenvalue weighted by Gasteiger charge is -2.32. The molecule has 3 nitrogen and oxygen atoms in total. The van der Waals surface area contributed by atoms with E-state index in [1.807, 2.05) is 66.7 Å². The number of phenols is 1. The predicted octanol–water partition coefficient (Wildman–Crippen LogP) is 8.90. The highest BCUT2D eigenvalue weighted by atomic mass is 16.3. The molecular weight excluding hydrogens is 440 g/mol. The number of hydrogen-bond donors (Lipinski definition) is 1. The number of rotatable bonds is 4. The second-order valence-electron chi connectivity index (χ2n) is 11.2. The van der Waals surface area contributed by atoms with Gasteiger partial charge in [0.05, 0.1) is 5.69 Å². The molecule has 184 valence electrons. The highest BCUT2D eigenvalue weighted by molar-refractivity contribution is 6.15. The van der Waals surface area contributed by atoms with Crippen LogP contribution in [-0.4, -0.2) is 10.9 Å². The van der Waals surface area contributed by atoms with Crippen LogP contribution >= 0.6 is 0 Å². The fourth-order valence-corrected chi connectivity index (χ4v) is 4.32. The highest BCUT2D eigenvalue weighted by Gasteiger charge is 2.29. The number of benzene rings is 4. The van der Waals surface area contributed by atoms with Gasteiger partial charge in [0.25, 0.3) is 0 Å². The van der Waals surface area contributed by atoms with Gasteiger partial charge in [-0.15, -0.1) is 0 Å². The molecule has 0 saturated carbocycles. The molecule has 4 aromatic rings. The zero-order valence-corrected chi connectivity index (χ0v) is 22.2. The Hall–Kier alpha value is -3.85. The smallest absolute Gasteiger partial charge is 0.145 e. The number of aliphatic imine (C=N–C) groups is 1. The van der Waals surface area contributed by atoms with Crippen LogP contribution in [-0.2, 0) is 10.8 Å². The summed E-state index contributed by atoms with van der Waals surface area (Å²) in [7, 11) is 0. The van der Waals surface area contributed by atoms with Crippen LogP contribution in [0.25, 0.3) is 0 Å². The Balaban J connectivity index is 2.07. The SMILES string of the molecule is CC(C)(C)c1cc(N(C(=Nc2ccccc2)c2ccccc2)c2ccccc2)cc(C(C)(C)C)c1O. The van der Waals surface area contributed by atoms with Crippen LogP contribution in [0.4, 0.5) is 17.1 Å². The maximum absolute atomic E-state index is 11.4. The summed E-state index contributed by atoms with van der Waals surface area (Å²) in [6, 6.07) is 34.9. The predicted molar refractivity (Wildman–Crippen MR) is 153 cm³/mol. The van der Waals surface area contributed by atoms with Crippen LogP contribution in [0, 0.1) is 0 Å². The molecule has 0 aromatic heterocycles. The van der Waals surface area contributed by atoms with E-state index < -0.39 is 0 Å². The zero-order valence-electron chi connectivity index (χ0n) is 22.2. The number of aromatic hydroxyl groups is 1. The number of phenolic OH excluding ortho intramolecular Hbond substituents is 1. The van der Waals surface area contributed by atoms with Crippen molar-refractivity contribution < 1.29 is 5.11 Å². The summed E-state index contributed by atoms with van der Waals surface area (Å²) in [5, 5.41) is 11.4. The van der Waals surface area contributed by atoms with Gasteiger partial charge in [0, 0.05) is 28.1 Å². The molecule has 0 spiro atoms. The summed E-state index contributed by atoms with van der Waals surface area (Å²) in [5.74, 6) is 1.19. The lowest BCUT2D eigenvalue weighted by atomic mass is 9.79. The summed E-state index contributed by atoms with van der Waals surface area (Å²) >= 11 is 0. The molecule has 0 fully saturated rings. The minimum Gasteiger partial charge on any atom is -0.507 e. The summed E-state index contributed by atoms with van der Waals surface area (Å²) in [6.45, 7) is 12.8. The molecule has 3 heteroatoms. The first kappa shape index (κ1) is 25.2. The van der Waals surface area contributed by atoms with Crippen molar-refractivity contribution in [1.29, 1.82) is 0 Å². The lowest BCUT2D eigenvalue weighted by Crippen LogP contribution is -2.28. The van der Waals surface area contributed by atoms with Gasteiger partial charge < -0.3 is 5.11 Å². The Morgan fingerprint density at radius 3 is 1.53 bits per heavy atom. The van der Waals surface area contributed by atoms with E-state index in [2.05, 4.69) is 82.8 Å². The molecule has 0 unspecified atom stereocenters. The van der Waals surface area contributed by atoms with E-state index in [0.29, 0.717) is 5.75 Å². The van der Waals surface area contributed by atoms with Crippen LogP contribution in [0.1, 0.15) is 58.2 Å². The minimum atomic E-state index is -0.244. The van der Waals surface area contributed by atoms with Crippen molar-refractivity contribution in [3.8, 4) is 5.75 Å². The summed E-state index contributed by atoms with van der Waals surface area (Å²) in [6.07, 6.45) is 0. The zero-order chi connectivity index (χ0) is 25.9. The Bertz CT molecular complexity index is 1290. The number of nitrogens with zero attached hydrogens (tertiary/aromatic N) is 2. The fraction of sp³-hybridized carbons (Fsp3) is 0.242. The molecule has 0 atom stereocenters. The molecule has 0 amide bonds. The van der Waals surface area contributed by atoms with Crippen molar-refractivity contribution in [3.05, 3.63) is 120 Å². The van der Waals surface area contributed by atoms with E-state index in [9.17, 15) is 5.11 Å². The van der Waals surface area contributed by atoms with Crippen molar-refractivity contribution in [2.24, 2.45) is 4.99 Å². The molecular formula is C33H36N2O. The van der Waals surface area contributed by atoms with Crippen LogP contribution in [0.5, 0.6) is 5.75 Å². The average molecular weight is 477 g/mol. The molecule has 0 aliphatic heterocycles. The maximum Gasteiger partial charge on any atom is 0.145 e. The molecule has 4 aromatic carbocycles. The van der Waals surface area contributed by atoms with Crippen LogP contribution < -0.4 is 4.90 Å². The molecule has 0 saturated heterocycles.